The van der Waals surface area contributed by atoms with E-state index in [-0.39, 0.29) is 15.9 Å². The standard InChI is InChI=1S/C19H19FN4O3S2/c1-23-8-10-24(11-9-23)18(25)13-2-7-16-17(12-13)28-19(21-16)22-29(26,27)15-5-3-14(20)4-6-15/h2-7,12H,8-11H2,1H3,(H,21,22). The van der Waals surface area contributed by atoms with Crippen molar-refractivity contribution in [3.63, 3.8) is 0 Å². The van der Waals surface area contributed by atoms with Crippen LogP contribution < -0.4 is 4.72 Å². The average Bonchev–Trinajstić information content (AvgIpc) is 3.09. The smallest absolute Gasteiger partial charge is 0.263 e. The zero-order chi connectivity index (χ0) is 20.6. The molecule has 0 radical (unpaired) electrons. The van der Waals surface area contributed by atoms with Gasteiger partial charge < -0.3 is 9.80 Å². The number of rotatable bonds is 4. The van der Waals surface area contributed by atoms with Gasteiger partial charge in [-0.05, 0) is 49.5 Å². The lowest BCUT2D eigenvalue weighted by atomic mass is 10.1. The number of hydrogen-bond donors (Lipinski definition) is 1. The molecule has 2 aromatic carbocycles. The number of nitrogens with zero attached hydrogens (tertiary/aromatic N) is 3. The van der Waals surface area contributed by atoms with E-state index < -0.39 is 15.8 Å². The molecule has 2 heterocycles. The summed E-state index contributed by atoms with van der Waals surface area (Å²) < 4.78 is 41.1. The third kappa shape index (κ3) is 4.24. The molecule has 4 rings (SSSR count). The van der Waals surface area contributed by atoms with Crippen molar-refractivity contribution in [2.75, 3.05) is 37.9 Å². The number of halogens is 1. The predicted octanol–water partition coefficient (Wildman–Crippen LogP) is 2.62. The van der Waals surface area contributed by atoms with Crippen LogP contribution in [0.5, 0.6) is 0 Å². The number of likely N-dealkylation sites (N-methyl/N-ethyl adjacent to an activating group) is 1. The van der Waals surface area contributed by atoms with Gasteiger partial charge in [-0.1, -0.05) is 11.3 Å². The highest BCUT2D eigenvalue weighted by molar-refractivity contribution is 7.93. The van der Waals surface area contributed by atoms with Crippen LogP contribution in [0.25, 0.3) is 10.2 Å². The molecule has 0 bridgehead atoms. The van der Waals surface area contributed by atoms with E-state index in [0.29, 0.717) is 28.9 Å². The molecular weight excluding hydrogens is 415 g/mol. The summed E-state index contributed by atoms with van der Waals surface area (Å²) in [6.45, 7) is 3.03. The highest BCUT2D eigenvalue weighted by Crippen LogP contribution is 2.29. The molecule has 0 unspecified atom stereocenters. The maximum absolute atomic E-state index is 13.0. The minimum absolute atomic E-state index is 0.0400. The van der Waals surface area contributed by atoms with Crippen LogP contribution in [0.2, 0.25) is 0 Å². The van der Waals surface area contributed by atoms with Crippen molar-refractivity contribution in [1.29, 1.82) is 0 Å². The number of carbonyl (C=O) groups excluding carboxylic acids is 1. The van der Waals surface area contributed by atoms with Crippen LogP contribution >= 0.6 is 11.3 Å². The van der Waals surface area contributed by atoms with Gasteiger partial charge in [0, 0.05) is 31.7 Å². The Labute approximate surface area is 171 Å². The third-order valence-corrected chi connectivity index (χ3v) is 7.19. The normalized spacial score (nSPS) is 15.6. The zero-order valence-electron chi connectivity index (χ0n) is 15.6. The van der Waals surface area contributed by atoms with Gasteiger partial charge in [-0.3, -0.25) is 9.52 Å². The third-order valence-electron chi connectivity index (χ3n) is 4.77. The fourth-order valence-electron chi connectivity index (χ4n) is 3.08. The number of carbonyl (C=O) groups is 1. The van der Waals surface area contributed by atoms with Gasteiger partial charge in [-0.2, -0.15) is 0 Å². The van der Waals surface area contributed by atoms with Crippen LogP contribution in [-0.2, 0) is 10.0 Å². The monoisotopic (exact) mass is 434 g/mol. The molecule has 1 saturated heterocycles. The molecule has 1 aliphatic rings. The van der Waals surface area contributed by atoms with E-state index in [0.717, 1.165) is 36.6 Å². The van der Waals surface area contributed by atoms with Crippen LogP contribution in [0.1, 0.15) is 10.4 Å². The van der Waals surface area contributed by atoms with Crippen LogP contribution in [0, 0.1) is 5.82 Å². The summed E-state index contributed by atoms with van der Waals surface area (Å²) in [5.41, 5.74) is 1.15. The SMILES string of the molecule is CN1CCN(C(=O)c2ccc3nc(NS(=O)(=O)c4ccc(F)cc4)sc3c2)CC1. The van der Waals surface area contributed by atoms with Crippen molar-refractivity contribution in [2.24, 2.45) is 0 Å². The maximum atomic E-state index is 13.0. The van der Waals surface area contributed by atoms with Gasteiger partial charge in [-0.15, -0.1) is 0 Å². The number of thiazole rings is 1. The van der Waals surface area contributed by atoms with Crippen molar-refractivity contribution in [2.45, 2.75) is 4.90 Å². The van der Waals surface area contributed by atoms with Gasteiger partial charge in [0.05, 0.1) is 15.1 Å². The topological polar surface area (TPSA) is 82.6 Å². The number of nitrogens with one attached hydrogen (secondary N) is 1. The minimum Gasteiger partial charge on any atom is -0.336 e. The lowest BCUT2D eigenvalue weighted by molar-refractivity contribution is 0.0664. The van der Waals surface area contributed by atoms with Crippen molar-refractivity contribution in [3.8, 4) is 0 Å². The van der Waals surface area contributed by atoms with E-state index in [1.165, 1.54) is 12.1 Å². The summed E-state index contributed by atoms with van der Waals surface area (Å²) in [5.74, 6) is -0.552. The minimum atomic E-state index is -3.88. The highest BCUT2D eigenvalue weighted by Gasteiger charge is 2.21. The number of anilines is 1. The number of amides is 1. The summed E-state index contributed by atoms with van der Waals surface area (Å²) >= 11 is 1.15. The molecule has 3 aromatic rings. The van der Waals surface area contributed by atoms with Gasteiger partial charge >= 0.3 is 0 Å². The molecule has 7 nitrogen and oxygen atoms in total. The molecule has 0 aliphatic carbocycles. The number of hydrogen-bond acceptors (Lipinski definition) is 6. The predicted molar refractivity (Wildman–Crippen MR) is 110 cm³/mol. The Morgan fingerprint density at radius 2 is 1.79 bits per heavy atom. The van der Waals surface area contributed by atoms with Crippen molar-refractivity contribution in [1.82, 2.24) is 14.8 Å². The Balaban J connectivity index is 1.55. The largest absolute Gasteiger partial charge is 0.336 e. The van der Waals surface area contributed by atoms with Gasteiger partial charge in [0.25, 0.3) is 15.9 Å². The van der Waals surface area contributed by atoms with Crippen molar-refractivity contribution < 1.29 is 17.6 Å². The fourth-order valence-corrected chi connectivity index (χ4v) is 5.22. The van der Waals surface area contributed by atoms with E-state index in [4.69, 9.17) is 0 Å². The fraction of sp³-hybridized carbons (Fsp3) is 0.263. The van der Waals surface area contributed by atoms with Crippen LogP contribution in [0.3, 0.4) is 0 Å². The van der Waals surface area contributed by atoms with E-state index >= 15 is 0 Å². The maximum Gasteiger partial charge on any atom is 0.263 e. The first kappa shape index (κ1) is 19.7. The number of sulfonamides is 1. The molecule has 152 valence electrons. The molecule has 10 heteroatoms. The Kier molecular flexibility index (Phi) is 5.24. The first-order chi connectivity index (χ1) is 13.8. The van der Waals surface area contributed by atoms with E-state index in [1.54, 1.807) is 18.2 Å². The molecule has 1 aromatic heterocycles. The summed E-state index contributed by atoms with van der Waals surface area (Å²) in [5, 5.41) is 0.188. The lowest BCUT2D eigenvalue weighted by Gasteiger charge is -2.32. The van der Waals surface area contributed by atoms with Gasteiger partial charge in [0.1, 0.15) is 5.82 Å². The van der Waals surface area contributed by atoms with Gasteiger partial charge in [-0.25, -0.2) is 17.8 Å². The molecule has 0 atom stereocenters. The molecule has 1 amide bonds. The second-order valence-electron chi connectivity index (χ2n) is 6.86. The molecular formula is C19H19FN4O3S2. The Hall–Kier alpha value is -2.56. The zero-order valence-corrected chi connectivity index (χ0v) is 17.3. The average molecular weight is 435 g/mol. The van der Waals surface area contributed by atoms with Crippen molar-refractivity contribution in [3.05, 3.63) is 53.8 Å². The molecule has 0 spiro atoms. The number of fused-ring (bicyclic) bond motifs is 1. The van der Waals surface area contributed by atoms with Crippen molar-refractivity contribution >= 4 is 42.6 Å². The van der Waals surface area contributed by atoms with E-state index in [1.807, 2.05) is 11.9 Å². The molecule has 1 aliphatic heterocycles. The van der Waals surface area contributed by atoms with Crippen LogP contribution in [0.4, 0.5) is 9.52 Å². The first-order valence-electron chi connectivity index (χ1n) is 8.99. The summed E-state index contributed by atoms with van der Waals surface area (Å²) in [6, 6.07) is 9.72. The number of aromatic nitrogens is 1. The highest BCUT2D eigenvalue weighted by atomic mass is 32.2. The second-order valence-corrected chi connectivity index (χ2v) is 9.57. The Morgan fingerprint density at radius 3 is 2.48 bits per heavy atom. The summed E-state index contributed by atoms with van der Waals surface area (Å²) in [4.78, 5) is 21.0. The lowest BCUT2D eigenvalue weighted by Crippen LogP contribution is -2.47. The van der Waals surface area contributed by atoms with E-state index in [2.05, 4.69) is 14.6 Å². The number of piperazine rings is 1. The second kappa shape index (κ2) is 7.69. The summed E-state index contributed by atoms with van der Waals surface area (Å²) in [7, 11) is -1.85. The van der Waals surface area contributed by atoms with E-state index in [9.17, 15) is 17.6 Å². The van der Waals surface area contributed by atoms with Gasteiger partial charge in [0.15, 0.2) is 5.13 Å². The Morgan fingerprint density at radius 1 is 1.10 bits per heavy atom. The number of benzene rings is 2. The summed E-state index contributed by atoms with van der Waals surface area (Å²) in [6.07, 6.45) is 0. The van der Waals surface area contributed by atoms with Crippen LogP contribution in [0.15, 0.2) is 47.4 Å². The van der Waals surface area contributed by atoms with Crippen LogP contribution in [-0.4, -0.2) is 62.3 Å². The quantitative estimate of drug-likeness (QED) is 0.683. The molecule has 29 heavy (non-hydrogen) atoms. The van der Waals surface area contributed by atoms with Gasteiger partial charge in [0.2, 0.25) is 0 Å². The first-order valence-corrected chi connectivity index (χ1v) is 11.3. The molecule has 1 N–H and O–H groups in total. The molecule has 0 saturated carbocycles. The molecule has 1 fully saturated rings. The Bertz CT molecular complexity index is 1150.